The molecule has 0 radical (unpaired) electrons. The Hall–Kier alpha value is -3.98. The van der Waals surface area contributed by atoms with Crippen molar-refractivity contribution in [2.24, 2.45) is 0 Å². The average Bonchev–Trinajstić information content (AvgIpc) is 3.32. The predicted molar refractivity (Wildman–Crippen MR) is 146 cm³/mol. The molecule has 0 aliphatic heterocycles. The van der Waals surface area contributed by atoms with E-state index in [1.807, 2.05) is 68.7 Å². The van der Waals surface area contributed by atoms with E-state index in [0.717, 1.165) is 15.9 Å². The molecule has 4 aromatic rings. The number of benzene rings is 2. The minimum Gasteiger partial charge on any atom is -0.382 e. The molecular weight excluding hydrogens is 472 g/mol. The second-order valence-corrected chi connectivity index (χ2v) is 9.75. The summed E-state index contributed by atoms with van der Waals surface area (Å²) in [5, 5.41) is 12.6. The molecular formula is C27H30N6O2S. The molecule has 2 aromatic carbocycles. The molecule has 9 heteroatoms. The lowest BCUT2D eigenvalue weighted by atomic mass is 10.1. The third-order valence-electron chi connectivity index (χ3n) is 5.47. The SMILES string of the molecule is CC(C)Nc1cc(Nc2ccc3ncsc3c2)ncc1C(=O)NCC[C@@H](C)NC(=O)c1ccccc1. The maximum atomic E-state index is 13.0. The number of carbonyl (C=O) groups is 2. The quantitative estimate of drug-likeness (QED) is 0.238. The highest BCUT2D eigenvalue weighted by atomic mass is 32.1. The highest BCUT2D eigenvalue weighted by molar-refractivity contribution is 7.16. The summed E-state index contributed by atoms with van der Waals surface area (Å²) in [6.07, 6.45) is 2.18. The van der Waals surface area contributed by atoms with Crippen LogP contribution in [0.4, 0.5) is 17.2 Å². The maximum Gasteiger partial charge on any atom is 0.254 e. The minimum atomic E-state index is -0.218. The van der Waals surface area contributed by atoms with Crippen molar-refractivity contribution in [2.45, 2.75) is 39.3 Å². The largest absolute Gasteiger partial charge is 0.382 e. The van der Waals surface area contributed by atoms with Gasteiger partial charge in [0.1, 0.15) is 5.82 Å². The topological polar surface area (TPSA) is 108 Å². The zero-order valence-corrected chi connectivity index (χ0v) is 21.4. The number of nitrogens with zero attached hydrogens (tertiary/aromatic N) is 2. The maximum absolute atomic E-state index is 13.0. The monoisotopic (exact) mass is 502 g/mol. The molecule has 0 fully saturated rings. The molecule has 8 nitrogen and oxygen atoms in total. The third-order valence-corrected chi connectivity index (χ3v) is 6.26. The Balaban J connectivity index is 1.37. The van der Waals surface area contributed by atoms with E-state index >= 15 is 0 Å². The van der Waals surface area contributed by atoms with Crippen molar-refractivity contribution in [1.29, 1.82) is 0 Å². The number of anilines is 3. The van der Waals surface area contributed by atoms with Gasteiger partial charge in [0.15, 0.2) is 0 Å². The summed E-state index contributed by atoms with van der Waals surface area (Å²) in [5.74, 6) is 0.292. The van der Waals surface area contributed by atoms with Crippen molar-refractivity contribution < 1.29 is 9.59 Å². The number of amides is 2. The van der Waals surface area contributed by atoms with Gasteiger partial charge in [0.25, 0.3) is 11.8 Å². The summed E-state index contributed by atoms with van der Waals surface area (Å²) in [6, 6.07) is 16.9. The summed E-state index contributed by atoms with van der Waals surface area (Å²) >= 11 is 1.58. The van der Waals surface area contributed by atoms with E-state index in [1.54, 1.807) is 29.7 Å². The van der Waals surface area contributed by atoms with Crippen molar-refractivity contribution in [1.82, 2.24) is 20.6 Å². The van der Waals surface area contributed by atoms with Gasteiger partial charge < -0.3 is 21.3 Å². The van der Waals surface area contributed by atoms with Crippen LogP contribution in [0.1, 0.15) is 47.9 Å². The van der Waals surface area contributed by atoms with Crippen molar-refractivity contribution in [3.05, 3.63) is 77.4 Å². The van der Waals surface area contributed by atoms with Crippen LogP contribution in [0, 0.1) is 0 Å². The first kappa shape index (κ1) is 25.1. The van der Waals surface area contributed by atoms with E-state index in [-0.39, 0.29) is 23.9 Å². The predicted octanol–water partition coefficient (Wildman–Crippen LogP) is 5.19. The zero-order chi connectivity index (χ0) is 25.5. The van der Waals surface area contributed by atoms with Gasteiger partial charge in [-0.25, -0.2) is 9.97 Å². The van der Waals surface area contributed by atoms with Gasteiger partial charge in [0.2, 0.25) is 0 Å². The van der Waals surface area contributed by atoms with Gasteiger partial charge >= 0.3 is 0 Å². The minimum absolute atomic E-state index is 0.0909. The summed E-state index contributed by atoms with van der Waals surface area (Å²) < 4.78 is 1.09. The number of carbonyl (C=O) groups excluding carboxylic acids is 2. The molecule has 2 heterocycles. The van der Waals surface area contributed by atoms with Gasteiger partial charge in [-0.2, -0.15) is 0 Å². The number of aromatic nitrogens is 2. The van der Waals surface area contributed by atoms with Crippen molar-refractivity contribution in [3.63, 3.8) is 0 Å². The first-order valence-electron chi connectivity index (χ1n) is 11.9. The molecule has 0 spiro atoms. The molecule has 36 heavy (non-hydrogen) atoms. The van der Waals surface area contributed by atoms with Crippen LogP contribution >= 0.6 is 11.3 Å². The average molecular weight is 503 g/mol. The fourth-order valence-corrected chi connectivity index (χ4v) is 4.40. The summed E-state index contributed by atoms with van der Waals surface area (Å²) in [6.45, 7) is 6.38. The second kappa shape index (κ2) is 11.6. The molecule has 4 rings (SSSR count). The van der Waals surface area contributed by atoms with E-state index in [9.17, 15) is 9.59 Å². The third kappa shape index (κ3) is 6.57. The Morgan fingerprint density at radius 1 is 0.972 bits per heavy atom. The van der Waals surface area contributed by atoms with E-state index < -0.39 is 0 Å². The van der Waals surface area contributed by atoms with E-state index in [2.05, 4.69) is 31.2 Å². The van der Waals surface area contributed by atoms with Gasteiger partial charge in [-0.3, -0.25) is 9.59 Å². The standard InChI is InChI=1S/C27H30N6O2S/c1-17(2)31-23-14-25(33-20-9-10-22-24(13-20)36-16-30-22)29-15-21(23)27(35)28-12-11-18(3)32-26(34)19-7-5-4-6-8-19/h4-10,13-18H,11-12H2,1-3H3,(H,28,35)(H,32,34)(H2,29,31,33)/t18-/m1/s1. The van der Waals surface area contributed by atoms with E-state index in [0.29, 0.717) is 35.6 Å². The summed E-state index contributed by atoms with van der Waals surface area (Å²) in [5.41, 5.74) is 5.46. The van der Waals surface area contributed by atoms with Gasteiger partial charge in [-0.05, 0) is 57.5 Å². The molecule has 0 saturated heterocycles. The number of thiazole rings is 1. The fraction of sp³-hybridized carbons (Fsp3) is 0.259. The van der Waals surface area contributed by atoms with Crippen molar-refractivity contribution in [2.75, 3.05) is 17.2 Å². The molecule has 0 aliphatic carbocycles. The second-order valence-electron chi connectivity index (χ2n) is 8.86. The number of pyridine rings is 1. The van der Waals surface area contributed by atoms with Crippen LogP contribution < -0.4 is 21.3 Å². The van der Waals surface area contributed by atoms with Gasteiger partial charge in [-0.1, -0.05) is 18.2 Å². The number of nitrogens with one attached hydrogen (secondary N) is 4. The van der Waals surface area contributed by atoms with Gasteiger partial charge in [0, 0.05) is 42.1 Å². The fourth-order valence-electron chi connectivity index (χ4n) is 3.68. The van der Waals surface area contributed by atoms with Crippen LogP contribution in [0.25, 0.3) is 10.2 Å². The number of rotatable bonds is 10. The van der Waals surface area contributed by atoms with E-state index in [1.165, 1.54) is 0 Å². The molecule has 2 aromatic heterocycles. The van der Waals surface area contributed by atoms with Crippen molar-refractivity contribution >= 4 is 50.6 Å². The van der Waals surface area contributed by atoms with Crippen LogP contribution in [0.2, 0.25) is 0 Å². The van der Waals surface area contributed by atoms with Crippen LogP contribution in [0.15, 0.2) is 66.3 Å². The Labute approximate surface area is 214 Å². The first-order valence-corrected chi connectivity index (χ1v) is 12.8. The lowest BCUT2D eigenvalue weighted by molar-refractivity contribution is 0.0937. The Bertz CT molecular complexity index is 1340. The smallest absolute Gasteiger partial charge is 0.254 e. The summed E-state index contributed by atoms with van der Waals surface area (Å²) in [7, 11) is 0. The highest BCUT2D eigenvalue weighted by Crippen LogP contribution is 2.26. The van der Waals surface area contributed by atoms with Crippen LogP contribution in [0.5, 0.6) is 0 Å². The molecule has 0 saturated carbocycles. The molecule has 0 bridgehead atoms. The Morgan fingerprint density at radius 2 is 1.78 bits per heavy atom. The lowest BCUT2D eigenvalue weighted by Gasteiger charge is -2.17. The normalized spacial score (nSPS) is 11.8. The van der Waals surface area contributed by atoms with Crippen LogP contribution in [-0.4, -0.2) is 40.4 Å². The molecule has 1 atom stereocenters. The Morgan fingerprint density at radius 3 is 2.56 bits per heavy atom. The van der Waals surface area contributed by atoms with E-state index in [4.69, 9.17) is 0 Å². The highest BCUT2D eigenvalue weighted by Gasteiger charge is 2.15. The molecule has 0 unspecified atom stereocenters. The van der Waals surface area contributed by atoms with Crippen molar-refractivity contribution in [3.8, 4) is 0 Å². The molecule has 0 aliphatic rings. The number of hydrogen-bond donors (Lipinski definition) is 4. The Kier molecular flexibility index (Phi) is 8.12. The number of hydrogen-bond acceptors (Lipinski definition) is 7. The first-order chi connectivity index (χ1) is 17.4. The van der Waals surface area contributed by atoms with Gasteiger partial charge in [-0.15, -0.1) is 11.3 Å². The van der Waals surface area contributed by atoms with Gasteiger partial charge in [0.05, 0.1) is 27.0 Å². The zero-order valence-electron chi connectivity index (χ0n) is 20.5. The molecule has 4 N–H and O–H groups in total. The molecule has 2 amide bonds. The lowest BCUT2D eigenvalue weighted by Crippen LogP contribution is -2.36. The summed E-state index contributed by atoms with van der Waals surface area (Å²) in [4.78, 5) is 34.0. The number of fused-ring (bicyclic) bond motifs is 1. The molecule has 186 valence electrons. The van der Waals surface area contributed by atoms with Crippen LogP contribution in [-0.2, 0) is 0 Å². The van der Waals surface area contributed by atoms with Crippen LogP contribution in [0.3, 0.4) is 0 Å².